The van der Waals surface area contributed by atoms with Gasteiger partial charge < -0.3 is 9.80 Å². The average Bonchev–Trinajstić information content (AvgIpc) is 3.58. The fourth-order valence-corrected chi connectivity index (χ4v) is 4.41. The summed E-state index contributed by atoms with van der Waals surface area (Å²) in [5, 5.41) is 5.37. The van der Waals surface area contributed by atoms with Crippen molar-refractivity contribution in [2.45, 2.75) is 23.9 Å². The number of hydrogen-bond donors (Lipinski definition) is 0. The molecule has 2 aromatic heterocycles. The third-order valence-corrected chi connectivity index (χ3v) is 6.31. The number of benzene rings is 1. The predicted molar refractivity (Wildman–Crippen MR) is 117 cm³/mol. The lowest BCUT2D eigenvalue weighted by molar-refractivity contribution is -0.128. The fourth-order valence-electron chi connectivity index (χ4n) is 3.67. The monoisotopic (exact) mass is 420 g/mol. The molecule has 1 saturated heterocycles. The van der Waals surface area contributed by atoms with E-state index in [9.17, 15) is 4.79 Å². The van der Waals surface area contributed by atoms with Crippen LogP contribution in [0, 0.1) is 0 Å². The number of para-hydroxylation sites is 1. The number of nitrogens with zero attached hydrogens (tertiary/aromatic N) is 6. The minimum Gasteiger partial charge on any atom is -0.353 e. The average molecular weight is 421 g/mol. The fraction of sp³-hybridized carbons (Fsp3) is 0.364. The maximum Gasteiger partial charge on any atom is 0.233 e. The van der Waals surface area contributed by atoms with E-state index in [4.69, 9.17) is 10.1 Å². The van der Waals surface area contributed by atoms with Gasteiger partial charge in [-0.1, -0.05) is 36.0 Å². The molecular weight excluding hydrogens is 396 g/mol. The first-order chi connectivity index (χ1) is 14.8. The van der Waals surface area contributed by atoms with Crippen LogP contribution in [0.1, 0.15) is 24.6 Å². The molecule has 1 aliphatic heterocycles. The van der Waals surface area contributed by atoms with Crippen LogP contribution in [0.3, 0.4) is 0 Å². The summed E-state index contributed by atoms with van der Waals surface area (Å²) in [6.45, 7) is 3.05. The molecule has 1 saturated carbocycles. The van der Waals surface area contributed by atoms with Gasteiger partial charge in [-0.3, -0.25) is 4.79 Å². The second-order valence-electron chi connectivity index (χ2n) is 7.62. The molecule has 0 bridgehead atoms. The third kappa shape index (κ3) is 4.18. The van der Waals surface area contributed by atoms with E-state index in [2.05, 4.69) is 9.88 Å². The Morgan fingerprint density at radius 2 is 1.77 bits per heavy atom. The van der Waals surface area contributed by atoms with Gasteiger partial charge in [-0.05, 0) is 37.1 Å². The maximum absolute atomic E-state index is 12.7. The van der Waals surface area contributed by atoms with Crippen LogP contribution in [0.2, 0.25) is 0 Å². The van der Waals surface area contributed by atoms with E-state index in [1.807, 2.05) is 58.1 Å². The standard InChI is InChI=1S/C22H24N6OS/c29-20(27-14-12-26(13-15-27)19-8-4-5-11-23-19)16-30-22-24-21(17-9-10-17)28(25-22)18-6-2-1-3-7-18/h1-8,11,17H,9-10,12-16H2. The number of amides is 1. The molecule has 0 N–H and O–H groups in total. The number of thioether (sulfide) groups is 1. The van der Waals surface area contributed by atoms with E-state index in [-0.39, 0.29) is 5.91 Å². The van der Waals surface area contributed by atoms with Gasteiger partial charge in [0.05, 0.1) is 11.4 Å². The zero-order valence-corrected chi connectivity index (χ0v) is 17.5. The number of piperazine rings is 1. The Morgan fingerprint density at radius 3 is 2.47 bits per heavy atom. The summed E-state index contributed by atoms with van der Waals surface area (Å²) in [7, 11) is 0. The topological polar surface area (TPSA) is 67.2 Å². The number of anilines is 1. The number of rotatable bonds is 6. The molecule has 154 valence electrons. The number of pyridine rings is 1. The molecule has 30 heavy (non-hydrogen) atoms. The normalized spacial score (nSPS) is 16.7. The van der Waals surface area contributed by atoms with Crippen molar-refractivity contribution in [3.63, 3.8) is 0 Å². The largest absolute Gasteiger partial charge is 0.353 e. The first kappa shape index (κ1) is 19.1. The molecule has 3 aromatic rings. The number of carbonyl (C=O) groups excluding carboxylic acids is 1. The lowest BCUT2D eigenvalue weighted by Crippen LogP contribution is -2.49. The maximum atomic E-state index is 12.7. The molecule has 8 heteroatoms. The molecule has 1 amide bonds. The van der Waals surface area contributed by atoms with E-state index in [0.29, 0.717) is 16.8 Å². The molecule has 2 fully saturated rings. The van der Waals surface area contributed by atoms with E-state index in [1.165, 1.54) is 11.8 Å². The van der Waals surface area contributed by atoms with Gasteiger partial charge in [0.15, 0.2) is 0 Å². The Morgan fingerprint density at radius 1 is 1.00 bits per heavy atom. The summed E-state index contributed by atoms with van der Waals surface area (Å²) < 4.78 is 1.94. The summed E-state index contributed by atoms with van der Waals surface area (Å²) >= 11 is 1.43. The summed E-state index contributed by atoms with van der Waals surface area (Å²) in [6.07, 6.45) is 4.13. The highest BCUT2D eigenvalue weighted by atomic mass is 32.2. The number of aromatic nitrogens is 4. The predicted octanol–water partition coefficient (Wildman–Crippen LogP) is 2.98. The third-order valence-electron chi connectivity index (χ3n) is 5.49. The van der Waals surface area contributed by atoms with Crippen LogP contribution in [0.15, 0.2) is 59.9 Å². The molecule has 0 unspecified atom stereocenters. The van der Waals surface area contributed by atoms with Crippen molar-refractivity contribution in [1.82, 2.24) is 24.6 Å². The minimum atomic E-state index is 0.143. The summed E-state index contributed by atoms with van der Waals surface area (Å²) in [5.41, 5.74) is 1.02. The molecule has 1 aliphatic carbocycles. The Balaban J connectivity index is 1.19. The first-order valence-electron chi connectivity index (χ1n) is 10.4. The molecule has 3 heterocycles. The van der Waals surface area contributed by atoms with Gasteiger partial charge in [0.25, 0.3) is 0 Å². The molecule has 0 spiro atoms. The van der Waals surface area contributed by atoms with Crippen LogP contribution in [0.25, 0.3) is 5.69 Å². The lowest BCUT2D eigenvalue weighted by atomic mass is 10.3. The van der Waals surface area contributed by atoms with Gasteiger partial charge in [0.1, 0.15) is 11.6 Å². The molecule has 1 aromatic carbocycles. The van der Waals surface area contributed by atoms with Gasteiger partial charge >= 0.3 is 0 Å². The van der Waals surface area contributed by atoms with Crippen LogP contribution in [-0.4, -0.2) is 62.5 Å². The van der Waals surface area contributed by atoms with Crippen molar-refractivity contribution in [3.8, 4) is 5.69 Å². The molecule has 5 rings (SSSR count). The Kier molecular flexibility index (Phi) is 5.40. The molecule has 7 nitrogen and oxygen atoms in total. The Hall–Kier alpha value is -2.87. The van der Waals surface area contributed by atoms with Crippen molar-refractivity contribution in [1.29, 1.82) is 0 Å². The van der Waals surface area contributed by atoms with Gasteiger partial charge in [-0.25, -0.2) is 14.6 Å². The van der Waals surface area contributed by atoms with Gasteiger partial charge in [0, 0.05) is 38.3 Å². The van der Waals surface area contributed by atoms with Crippen LogP contribution in [-0.2, 0) is 4.79 Å². The van der Waals surface area contributed by atoms with Crippen molar-refractivity contribution in [2.24, 2.45) is 0 Å². The summed E-state index contributed by atoms with van der Waals surface area (Å²) in [4.78, 5) is 26.0. The van der Waals surface area contributed by atoms with Gasteiger partial charge in [0.2, 0.25) is 11.1 Å². The van der Waals surface area contributed by atoms with Crippen LogP contribution >= 0.6 is 11.8 Å². The van der Waals surface area contributed by atoms with Crippen molar-refractivity contribution < 1.29 is 4.79 Å². The zero-order valence-electron chi connectivity index (χ0n) is 16.7. The highest BCUT2D eigenvalue weighted by molar-refractivity contribution is 7.99. The lowest BCUT2D eigenvalue weighted by Gasteiger charge is -2.35. The second-order valence-corrected chi connectivity index (χ2v) is 8.56. The number of hydrogen-bond acceptors (Lipinski definition) is 6. The van der Waals surface area contributed by atoms with E-state index < -0.39 is 0 Å². The van der Waals surface area contributed by atoms with E-state index in [0.717, 1.165) is 56.4 Å². The first-order valence-corrected chi connectivity index (χ1v) is 11.4. The van der Waals surface area contributed by atoms with E-state index in [1.54, 1.807) is 6.20 Å². The van der Waals surface area contributed by atoms with Gasteiger partial charge in [-0.2, -0.15) is 0 Å². The Labute approximate surface area is 180 Å². The smallest absolute Gasteiger partial charge is 0.233 e. The van der Waals surface area contributed by atoms with Crippen molar-refractivity contribution >= 4 is 23.5 Å². The molecular formula is C22H24N6OS. The van der Waals surface area contributed by atoms with Crippen molar-refractivity contribution in [2.75, 3.05) is 36.8 Å². The SMILES string of the molecule is O=C(CSc1nc(C2CC2)n(-c2ccccc2)n1)N1CCN(c2ccccn2)CC1. The minimum absolute atomic E-state index is 0.143. The van der Waals surface area contributed by atoms with E-state index >= 15 is 0 Å². The van der Waals surface area contributed by atoms with Gasteiger partial charge in [-0.15, -0.1) is 5.10 Å². The molecule has 0 radical (unpaired) electrons. The van der Waals surface area contributed by atoms with Crippen LogP contribution in [0.4, 0.5) is 5.82 Å². The Bertz CT molecular complexity index is 997. The highest BCUT2D eigenvalue weighted by Crippen LogP contribution is 2.40. The molecule has 0 atom stereocenters. The highest BCUT2D eigenvalue weighted by Gasteiger charge is 2.31. The quantitative estimate of drug-likeness (QED) is 0.571. The summed E-state index contributed by atoms with van der Waals surface area (Å²) in [6, 6.07) is 16.0. The second kappa shape index (κ2) is 8.47. The van der Waals surface area contributed by atoms with Crippen molar-refractivity contribution in [3.05, 3.63) is 60.6 Å². The molecule has 2 aliphatic rings. The summed E-state index contributed by atoms with van der Waals surface area (Å²) in [5.74, 6) is 2.99. The van der Waals surface area contributed by atoms with Crippen LogP contribution in [0.5, 0.6) is 0 Å². The van der Waals surface area contributed by atoms with Crippen LogP contribution < -0.4 is 4.90 Å². The zero-order chi connectivity index (χ0) is 20.3. The number of carbonyl (C=O) groups is 1.